The van der Waals surface area contributed by atoms with E-state index in [0.717, 1.165) is 19.3 Å². The van der Waals surface area contributed by atoms with Crippen LogP contribution in [0.2, 0.25) is 0 Å². The monoisotopic (exact) mass is 265 g/mol. The van der Waals surface area contributed by atoms with Crippen molar-refractivity contribution in [1.82, 2.24) is 9.97 Å². The van der Waals surface area contributed by atoms with Crippen LogP contribution in [0.15, 0.2) is 12.4 Å². The molecule has 0 aromatic carbocycles. The normalized spacial score (nSPS) is 17.7. The maximum absolute atomic E-state index is 11.5. The van der Waals surface area contributed by atoms with Gasteiger partial charge in [-0.25, -0.2) is 0 Å². The Morgan fingerprint density at radius 3 is 2.79 bits per heavy atom. The lowest BCUT2D eigenvalue weighted by atomic mass is 9.74. The fourth-order valence-electron chi connectivity index (χ4n) is 2.49. The molecule has 1 heterocycles. The van der Waals surface area contributed by atoms with Crippen LogP contribution >= 0.6 is 0 Å². The summed E-state index contributed by atoms with van der Waals surface area (Å²) in [5.41, 5.74) is -0.678. The van der Waals surface area contributed by atoms with Gasteiger partial charge in [-0.2, -0.15) is 4.98 Å². The molecule has 0 saturated heterocycles. The fraction of sp³-hybridized carbons (Fsp3) is 0.615. The van der Waals surface area contributed by atoms with E-state index in [-0.39, 0.29) is 0 Å². The Balaban J connectivity index is 2.04. The van der Waals surface area contributed by atoms with Crippen molar-refractivity contribution < 1.29 is 14.6 Å². The third-order valence-corrected chi connectivity index (χ3v) is 3.69. The van der Waals surface area contributed by atoms with Crippen molar-refractivity contribution in [3.8, 4) is 5.88 Å². The van der Waals surface area contributed by atoms with Gasteiger partial charge in [0.05, 0.1) is 24.9 Å². The molecular formula is C13H19N3O3. The van der Waals surface area contributed by atoms with Crippen LogP contribution in [0.1, 0.15) is 32.1 Å². The van der Waals surface area contributed by atoms with Gasteiger partial charge in [-0.15, -0.1) is 0 Å². The number of hydrogen-bond donors (Lipinski definition) is 2. The summed E-state index contributed by atoms with van der Waals surface area (Å²) in [7, 11) is 1.52. The van der Waals surface area contributed by atoms with Gasteiger partial charge in [0.25, 0.3) is 0 Å². The number of aliphatic carboxylic acids is 1. The van der Waals surface area contributed by atoms with Crippen LogP contribution in [0.25, 0.3) is 0 Å². The van der Waals surface area contributed by atoms with Gasteiger partial charge >= 0.3 is 5.97 Å². The van der Waals surface area contributed by atoms with Crippen LogP contribution in [0.3, 0.4) is 0 Å². The molecule has 2 N–H and O–H groups in total. The largest absolute Gasteiger partial charge is 0.481 e. The summed E-state index contributed by atoms with van der Waals surface area (Å²) in [5.74, 6) is 0.235. The predicted molar refractivity (Wildman–Crippen MR) is 70.2 cm³/mol. The molecule has 0 aliphatic heterocycles. The van der Waals surface area contributed by atoms with Gasteiger partial charge in [0.1, 0.15) is 5.82 Å². The van der Waals surface area contributed by atoms with Gasteiger partial charge in [-0.3, -0.25) is 9.78 Å². The molecule has 1 aliphatic carbocycles. The average Bonchev–Trinajstić information content (AvgIpc) is 2.46. The van der Waals surface area contributed by atoms with Crippen LogP contribution in [0.5, 0.6) is 5.88 Å². The van der Waals surface area contributed by atoms with E-state index in [1.165, 1.54) is 13.3 Å². The molecule has 6 heteroatoms. The van der Waals surface area contributed by atoms with E-state index in [9.17, 15) is 9.90 Å². The maximum atomic E-state index is 11.5. The SMILES string of the molecule is COc1cncc(NCC2(C(=O)O)CCCCC2)n1. The summed E-state index contributed by atoms with van der Waals surface area (Å²) in [6.07, 6.45) is 7.57. The molecule has 2 rings (SSSR count). The molecule has 1 aromatic heterocycles. The zero-order chi connectivity index (χ0) is 13.7. The number of carbonyl (C=O) groups is 1. The highest BCUT2D eigenvalue weighted by Gasteiger charge is 2.39. The Hall–Kier alpha value is -1.85. The molecule has 104 valence electrons. The topological polar surface area (TPSA) is 84.3 Å². The number of anilines is 1. The summed E-state index contributed by atoms with van der Waals surface area (Å²) in [6.45, 7) is 0.379. The second kappa shape index (κ2) is 5.86. The van der Waals surface area contributed by atoms with Gasteiger partial charge < -0.3 is 15.2 Å². The Morgan fingerprint density at radius 1 is 1.42 bits per heavy atom. The molecule has 0 radical (unpaired) electrons. The molecule has 0 bridgehead atoms. The number of aromatic nitrogens is 2. The van der Waals surface area contributed by atoms with Crippen LogP contribution in [0.4, 0.5) is 5.82 Å². The summed E-state index contributed by atoms with van der Waals surface area (Å²) in [4.78, 5) is 19.7. The van der Waals surface area contributed by atoms with Gasteiger partial charge in [0.2, 0.25) is 5.88 Å². The van der Waals surface area contributed by atoms with Crippen LogP contribution in [0, 0.1) is 5.41 Å². The Kier molecular flexibility index (Phi) is 4.19. The van der Waals surface area contributed by atoms with Gasteiger partial charge in [-0.05, 0) is 12.8 Å². The molecule has 0 spiro atoms. The lowest BCUT2D eigenvalue weighted by Crippen LogP contribution is -2.39. The number of nitrogens with one attached hydrogen (secondary N) is 1. The first kappa shape index (κ1) is 13.6. The van der Waals surface area contributed by atoms with E-state index in [4.69, 9.17) is 4.74 Å². The third kappa shape index (κ3) is 3.13. The number of carboxylic acid groups (broad SMARTS) is 1. The molecule has 19 heavy (non-hydrogen) atoms. The molecule has 0 amide bonds. The van der Waals surface area contributed by atoms with E-state index in [0.29, 0.717) is 31.1 Å². The molecular weight excluding hydrogens is 246 g/mol. The second-order valence-corrected chi connectivity index (χ2v) is 4.95. The number of nitrogens with zero attached hydrogens (tertiary/aromatic N) is 2. The minimum atomic E-state index is -0.726. The van der Waals surface area contributed by atoms with E-state index >= 15 is 0 Å². The smallest absolute Gasteiger partial charge is 0.311 e. The zero-order valence-corrected chi connectivity index (χ0v) is 11.1. The Bertz CT molecular complexity index is 445. The lowest BCUT2D eigenvalue weighted by molar-refractivity contribution is -0.150. The molecule has 6 nitrogen and oxygen atoms in total. The summed E-state index contributed by atoms with van der Waals surface area (Å²) in [5, 5.41) is 12.5. The van der Waals surface area contributed by atoms with Crippen molar-refractivity contribution in [1.29, 1.82) is 0 Å². The maximum Gasteiger partial charge on any atom is 0.311 e. The van der Waals surface area contributed by atoms with Crippen molar-refractivity contribution in [2.45, 2.75) is 32.1 Å². The second-order valence-electron chi connectivity index (χ2n) is 4.95. The van der Waals surface area contributed by atoms with Crippen molar-refractivity contribution in [3.63, 3.8) is 0 Å². The predicted octanol–water partition coefficient (Wildman–Crippen LogP) is 1.93. The van der Waals surface area contributed by atoms with Crippen LogP contribution in [-0.4, -0.2) is 34.7 Å². The van der Waals surface area contributed by atoms with E-state index in [1.807, 2.05) is 0 Å². The number of methoxy groups -OCH3 is 1. The van der Waals surface area contributed by atoms with Gasteiger partial charge in [0, 0.05) is 6.54 Å². The molecule has 1 aliphatic rings. The minimum absolute atomic E-state index is 0.379. The van der Waals surface area contributed by atoms with Crippen LogP contribution < -0.4 is 10.1 Å². The van der Waals surface area contributed by atoms with Gasteiger partial charge in [-0.1, -0.05) is 19.3 Å². The fourth-order valence-corrected chi connectivity index (χ4v) is 2.49. The first-order valence-corrected chi connectivity index (χ1v) is 6.50. The zero-order valence-electron chi connectivity index (χ0n) is 11.1. The highest BCUT2D eigenvalue weighted by Crippen LogP contribution is 2.36. The van der Waals surface area contributed by atoms with Crippen molar-refractivity contribution in [2.24, 2.45) is 5.41 Å². The van der Waals surface area contributed by atoms with E-state index in [1.54, 1.807) is 6.20 Å². The third-order valence-electron chi connectivity index (χ3n) is 3.69. The highest BCUT2D eigenvalue weighted by molar-refractivity contribution is 5.75. The molecule has 1 fully saturated rings. The van der Waals surface area contributed by atoms with Crippen LogP contribution in [-0.2, 0) is 4.79 Å². The number of hydrogen-bond acceptors (Lipinski definition) is 5. The number of carboxylic acids is 1. The van der Waals surface area contributed by atoms with E-state index < -0.39 is 11.4 Å². The summed E-state index contributed by atoms with van der Waals surface area (Å²) >= 11 is 0. The number of rotatable bonds is 5. The van der Waals surface area contributed by atoms with Crippen molar-refractivity contribution >= 4 is 11.8 Å². The Labute approximate surface area is 112 Å². The molecule has 0 atom stereocenters. The van der Waals surface area contributed by atoms with Crippen molar-refractivity contribution in [3.05, 3.63) is 12.4 Å². The number of ether oxygens (including phenoxy) is 1. The van der Waals surface area contributed by atoms with E-state index in [2.05, 4.69) is 15.3 Å². The van der Waals surface area contributed by atoms with Gasteiger partial charge in [0.15, 0.2) is 0 Å². The van der Waals surface area contributed by atoms with Crippen molar-refractivity contribution in [2.75, 3.05) is 19.0 Å². The highest BCUT2D eigenvalue weighted by atomic mass is 16.5. The average molecular weight is 265 g/mol. The molecule has 1 aromatic rings. The minimum Gasteiger partial charge on any atom is -0.481 e. The summed E-state index contributed by atoms with van der Waals surface area (Å²) < 4.78 is 4.99. The first-order valence-electron chi connectivity index (χ1n) is 6.50. The quantitative estimate of drug-likeness (QED) is 0.846. The summed E-state index contributed by atoms with van der Waals surface area (Å²) in [6, 6.07) is 0. The standard InChI is InChI=1S/C13H19N3O3/c1-19-11-8-14-7-10(16-11)15-9-13(12(17)18)5-3-2-4-6-13/h7-8H,2-6,9H2,1H3,(H,15,16)(H,17,18). The molecule has 0 unspecified atom stereocenters. The molecule has 1 saturated carbocycles. The lowest BCUT2D eigenvalue weighted by Gasteiger charge is -2.33. The first-order chi connectivity index (χ1) is 9.16. The Morgan fingerprint density at radius 2 is 2.16 bits per heavy atom.